The van der Waals surface area contributed by atoms with Crippen molar-refractivity contribution in [2.45, 2.75) is 51.0 Å². The number of thioether (sulfide) groups is 1. The second-order valence-corrected chi connectivity index (χ2v) is 6.71. The highest BCUT2D eigenvalue weighted by molar-refractivity contribution is 7.99. The fourth-order valence-corrected chi connectivity index (χ4v) is 3.93. The van der Waals surface area contributed by atoms with Gasteiger partial charge in [0, 0.05) is 31.0 Å². The average Bonchev–Trinajstić information content (AvgIpc) is 2.87. The van der Waals surface area contributed by atoms with Crippen molar-refractivity contribution in [2.75, 3.05) is 30.0 Å². The molecule has 0 spiro atoms. The van der Waals surface area contributed by atoms with Gasteiger partial charge in [0.05, 0.1) is 0 Å². The van der Waals surface area contributed by atoms with Crippen LogP contribution in [0.25, 0.3) is 0 Å². The first-order chi connectivity index (χ1) is 10.3. The van der Waals surface area contributed by atoms with Crippen molar-refractivity contribution in [2.24, 2.45) is 0 Å². The maximum absolute atomic E-state index is 5.16. The van der Waals surface area contributed by atoms with Crippen molar-refractivity contribution in [1.29, 1.82) is 0 Å². The molecule has 21 heavy (non-hydrogen) atoms. The number of hydrogen-bond acceptors (Lipinski definition) is 6. The summed E-state index contributed by atoms with van der Waals surface area (Å²) in [5, 5.41) is 7.55. The van der Waals surface area contributed by atoms with Gasteiger partial charge in [0.2, 0.25) is 0 Å². The lowest BCUT2D eigenvalue weighted by atomic mass is 10.2. The zero-order valence-corrected chi connectivity index (χ0v) is 14.0. The van der Waals surface area contributed by atoms with Crippen LogP contribution in [0.2, 0.25) is 0 Å². The minimum absolute atomic E-state index is 0.436. The van der Waals surface area contributed by atoms with Crippen molar-refractivity contribution >= 4 is 23.4 Å². The standard InChI is InChI=1S/C15H26N4OS/c1-4-16-13-9-14(19-15(18-13)10-20-3)17-11-7-6-8-12(11)21-5-2/h9,11-12H,4-8,10H2,1-3H3,(H2,16,17,18,19). The summed E-state index contributed by atoms with van der Waals surface area (Å²) in [6.45, 7) is 5.58. The lowest BCUT2D eigenvalue weighted by Crippen LogP contribution is -2.27. The lowest BCUT2D eigenvalue weighted by molar-refractivity contribution is 0.178. The molecule has 2 N–H and O–H groups in total. The molecule has 0 radical (unpaired) electrons. The summed E-state index contributed by atoms with van der Waals surface area (Å²) in [4.78, 5) is 9.02. The molecule has 0 aliphatic heterocycles. The van der Waals surface area contributed by atoms with Crippen LogP contribution in [-0.2, 0) is 11.3 Å². The Morgan fingerprint density at radius 1 is 1.29 bits per heavy atom. The van der Waals surface area contributed by atoms with Gasteiger partial charge in [0.25, 0.3) is 0 Å². The van der Waals surface area contributed by atoms with Crippen LogP contribution in [0.15, 0.2) is 6.07 Å². The zero-order chi connectivity index (χ0) is 15.1. The summed E-state index contributed by atoms with van der Waals surface area (Å²) in [5.41, 5.74) is 0. The minimum Gasteiger partial charge on any atom is -0.377 e. The van der Waals surface area contributed by atoms with Crippen LogP contribution >= 0.6 is 11.8 Å². The maximum Gasteiger partial charge on any atom is 0.158 e. The molecule has 1 saturated carbocycles. The molecule has 1 heterocycles. The zero-order valence-electron chi connectivity index (χ0n) is 13.2. The van der Waals surface area contributed by atoms with Crippen LogP contribution in [0, 0.1) is 0 Å². The van der Waals surface area contributed by atoms with Gasteiger partial charge in [0.1, 0.15) is 18.2 Å². The third-order valence-corrected chi connectivity index (χ3v) is 4.90. The van der Waals surface area contributed by atoms with Crippen LogP contribution in [-0.4, -0.2) is 40.7 Å². The van der Waals surface area contributed by atoms with Gasteiger partial charge in [-0.15, -0.1) is 0 Å². The van der Waals surface area contributed by atoms with Crippen LogP contribution in [0.4, 0.5) is 11.6 Å². The Morgan fingerprint density at radius 3 is 2.81 bits per heavy atom. The molecule has 1 fully saturated rings. The number of aromatic nitrogens is 2. The van der Waals surface area contributed by atoms with E-state index in [0.29, 0.717) is 17.9 Å². The minimum atomic E-state index is 0.436. The highest BCUT2D eigenvalue weighted by Crippen LogP contribution is 2.32. The summed E-state index contributed by atoms with van der Waals surface area (Å²) in [5.74, 6) is 3.65. The normalized spacial score (nSPS) is 21.5. The Bertz CT molecular complexity index is 419. The maximum atomic E-state index is 5.16. The number of methoxy groups -OCH3 is 1. The van der Waals surface area contributed by atoms with E-state index in [4.69, 9.17) is 4.74 Å². The van der Waals surface area contributed by atoms with Crippen molar-refractivity contribution in [3.8, 4) is 0 Å². The van der Waals surface area contributed by atoms with E-state index >= 15 is 0 Å². The Morgan fingerprint density at radius 2 is 2.10 bits per heavy atom. The van der Waals surface area contributed by atoms with Gasteiger partial charge in [-0.3, -0.25) is 0 Å². The monoisotopic (exact) mass is 310 g/mol. The van der Waals surface area contributed by atoms with E-state index < -0.39 is 0 Å². The van der Waals surface area contributed by atoms with E-state index in [-0.39, 0.29) is 0 Å². The fraction of sp³-hybridized carbons (Fsp3) is 0.733. The topological polar surface area (TPSA) is 59.1 Å². The molecule has 1 aliphatic carbocycles. The van der Waals surface area contributed by atoms with Gasteiger partial charge in [0.15, 0.2) is 5.82 Å². The molecule has 6 heteroatoms. The molecule has 5 nitrogen and oxygen atoms in total. The molecule has 1 aromatic rings. The number of rotatable bonds is 8. The highest BCUT2D eigenvalue weighted by atomic mass is 32.2. The predicted octanol–water partition coefficient (Wildman–Crippen LogP) is 3.14. The smallest absolute Gasteiger partial charge is 0.158 e. The van der Waals surface area contributed by atoms with E-state index in [1.54, 1.807) is 7.11 Å². The first-order valence-electron chi connectivity index (χ1n) is 7.75. The van der Waals surface area contributed by atoms with Gasteiger partial charge in [-0.05, 0) is 25.5 Å². The quantitative estimate of drug-likeness (QED) is 0.769. The predicted molar refractivity (Wildman–Crippen MR) is 90.1 cm³/mol. The Balaban J connectivity index is 2.10. The van der Waals surface area contributed by atoms with Crippen LogP contribution < -0.4 is 10.6 Å². The van der Waals surface area contributed by atoms with Crippen LogP contribution in [0.3, 0.4) is 0 Å². The molecule has 0 saturated heterocycles. The fourth-order valence-electron chi connectivity index (χ4n) is 2.73. The number of hydrogen-bond donors (Lipinski definition) is 2. The summed E-state index contributed by atoms with van der Waals surface area (Å²) >= 11 is 2.05. The van der Waals surface area contributed by atoms with E-state index in [2.05, 4.69) is 34.4 Å². The molecule has 1 aromatic heterocycles. The summed E-state index contributed by atoms with van der Waals surface area (Å²) in [7, 11) is 1.67. The highest BCUT2D eigenvalue weighted by Gasteiger charge is 2.27. The van der Waals surface area contributed by atoms with Crippen LogP contribution in [0.1, 0.15) is 38.9 Å². The summed E-state index contributed by atoms with van der Waals surface area (Å²) in [6.07, 6.45) is 3.81. The Labute approximate surface area is 131 Å². The average molecular weight is 310 g/mol. The Hall–Kier alpha value is -1.01. The van der Waals surface area contributed by atoms with Gasteiger partial charge < -0.3 is 15.4 Å². The van der Waals surface area contributed by atoms with E-state index in [0.717, 1.165) is 24.0 Å². The van der Waals surface area contributed by atoms with Crippen LogP contribution in [0.5, 0.6) is 0 Å². The molecular formula is C15H26N4OS. The molecule has 2 atom stereocenters. The van der Waals surface area contributed by atoms with E-state index in [1.165, 1.54) is 25.0 Å². The number of nitrogens with zero attached hydrogens (tertiary/aromatic N) is 2. The molecule has 0 amide bonds. The first kappa shape index (κ1) is 16.4. The molecule has 1 aliphatic rings. The SMILES string of the molecule is CCNc1cc(NC2CCCC2SCC)nc(COC)n1. The van der Waals surface area contributed by atoms with Gasteiger partial charge >= 0.3 is 0 Å². The third-order valence-electron chi connectivity index (χ3n) is 3.57. The number of nitrogens with one attached hydrogen (secondary N) is 2. The molecule has 2 rings (SSSR count). The Kier molecular flexibility index (Phi) is 6.57. The van der Waals surface area contributed by atoms with Crippen molar-refractivity contribution in [3.63, 3.8) is 0 Å². The molecular weight excluding hydrogens is 284 g/mol. The van der Waals surface area contributed by atoms with E-state index in [9.17, 15) is 0 Å². The number of anilines is 2. The molecule has 0 bridgehead atoms. The largest absolute Gasteiger partial charge is 0.377 e. The van der Waals surface area contributed by atoms with Crippen molar-refractivity contribution in [3.05, 3.63) is 11.9 Å². The molecule has 0 aromatic carbocycles. The lowest BCUT2D eigenvalue weighted by Gasteiger charge is -2.21. The van der Waals surface area contributed by atoms with Gasteiger partial charge in [-0.1, -0.05) is 13.3 Å². The van der Waals surface area contributed by atoms with Crippen molar-refractivity contribution in [1.82, 2.24) is 9.97 Å². The summed E-state index contributed by atoms with van der Waals surface area (Å²) < 4.78 is 5.16. The second-order valence-electron chi connectivity index (χ2n) is 5.19. The second kappa shape index (κ2) is 8.44. The van der Waals surface area contributed by atoms with E-state index in [1.807, 2.05) is 17.8 Å². The third kappa shape index (κ3) is 4.74. The summed E-state index contributed by atoms with van der Waals surface area (Å²) in [6, 6.07) is 2.50. The molecule has 118 valence electrons. The van der Waals surface area contributed by atoms with Gasteiger partial charge in [-0.2, -0.15) is 11.8 Å². The van der Waals surface area contributed by atoms with Gasteiger partial charge in [-0.25, -0.2) is 9.97 Å². The molecule has 2 unspecified atom stereocenters. The van der Waals surface area contributed by atoms with Crippen molar-refractivity contribution < 1.29 is 4.74 Å². The first-order valence-corrected chi connectivity index (χ1v) is 8.80. The number of ether oxygens (including phenoxy) is 1.